The summed E-state index contributed by atoms with van der Waals surface area (Å²) in [7, 11) is 0. The molecule has 0 heterocycles. The van der Waals surface area contributed by atoms with Crippen molar-refractivity contribution in [3.63, 3.8) is 0 Å². The summed E-state index contributed by atoms with van der Waals surface area (Å²) < 4.78 is 11.2. The number of halogens is 1. The van der Waals surface area contributed by atoms with Gasteiger partial charge >= 0.3 is 0 Å². The molecule has 160 valence electrons. The second-order valence-electron chi connectivity index (χ2n) is 6.87. The molecule has 2 rings (SSSR count). The predicted molar refractivity (Wildman–Crippen MR) is 111 cm³/mol. The smallest absolute Gasteiger partial charge is 0.119 e. The Balaban J connectivity index is 2.27. The Morgan fingerprint density at radius 1 is 1.00 bits per heavy atom. The minimum atomic E-state index is -1.22. The number of rotatable bonds is 11. The van der Waals surface area contributed by atoms with Crippen LogP contribution in [0, 0.1) is 0 Å². The standard InChI is InChI=1S/C22H29ClO6/c1-3-28-18-7-4-15(5-8-18)10-17-11-16(6-9-19(17)23)22(20(27)12-24)29-21(13-25)14(2)26/h4-9,11,14,20-22,24-27H,3,10,12-13H2,1-2H3/t14-,20-,21?,22?/m0/s1. The molecule has 2 aromatic carbocycles. The Hall–Kier alpha value is -1.67. The van der Waals surface area contributed by atoms with E-state index in [9.17, 15) is 20.4 Å². The lowest BCUT2D eigenvalue weighted by atomic mass is 9.98. The zero-order valence-electron chi connectivity index (χ0n) is 16.7. The molecular formula is C22H29ClO6. The van der Waals surface area contributed by atoms with Crippen molar-refractivity contribution in [1.82, 2.24) is 0 Å². The van der Waals surface area contributed by atoms with Gasteiger partial charge < -0.3 is 29.9 Å². The first-order valence-corrected chi connectivity index (χ1v) is 10.0. The van der Waals surface area contributed by atoms with Gasteiger partial charge in [0.15, 0.2) is 0 Å². The van der Waals surface area contributed by atoms with Gasteiger partial charge in [-0.25, -0.2) is 0 Å². The molecule has 6 nitrogen and oxygen atoms in total. The Morgan fingerprint density at radius 2 is 1.69 bits per heavy atom. The van der Waals surface area contributed by atoms with Crippen molar-refractivity contribution in [3.05, 3.63) is 64.2 Å². The third-order valence-corrected chi connectivity index (χ3v) is 4.97. The van der Waals surface area contributed by atoms with Gasteiger partial charge in [-0.2, -0.15) is 0 Å². The van der Waals surface area contributed by atoms with Gasteiger partial charge in [0.25, 0.3) is 0 Å². The van der Waals surface area contributed by atoms with Crippen molar-refractivity contribution in [3.8, 4) is 5.75 Å². The summed E-state index contributed by atoms with van der Waals surface area (Å²) in [5.41, 5.74) is 2.45. The highest BCUT2D eigenvalue weighted by Crippen LogP contribution is 2.29. The van der Waals surface area contributed by atoms with Crippen LogP contribution in [0.15, 0.2) is 42.5 Å². The van der Waals surface area contributed by atoms with Crippen molar-refractivity contribution in [2.24, 2.45) is 0 Å². The number of aliphatic hydroxyl groups is 4. The number of ether oxygens (including phenoxy) is 2. The van der Waals surface area contributed by atoms with Gasteiger partial charge in [0.2, 0.25) is 0 Å². The van der Waals surface area contributed by atoms with Crippen LogP contribution in [0.5, 0.6) is 5.75 Å². The second-order valence-corrected chi connectivity index (χ2v) is 7.28. The number of benzene rings is 2. The SMILES string of the molecule is CCOc1ccc(Cc2cc(C(OC(CO)[C@H](C)O)[C@@H](O)CO)ccc2Cl)cc1. The molecule has 0 aromatic heterocycles. The molecule has 0 saturated carbocycles. The van der Waals surface area contributed by atoms with E-state index in [1.807, 2.05) is 31.2 Å². The van der Waals surface area contributed by atoms with E-state index >= 15 is 0 Å². The van der Waals surface area contributed by atoms with E-state index in [0.717, 1.165) is 16.9 Å². The topological polar surface area (TPSA) is 99.4 Å². The number of aliphatic hydroxyl groups excluding tert-OH is 4. The first kappa shape index (κ1) is 23.6. The molecule has 0 bridgehead atoms. The average molecular weight is 425 g/mol. The number of hydrogen-bond donors (Lipinski definition) is 4. The lowest BCUT2D eigenvalue weighted by molar-refractivity contribution is -0.137. The van der Waals surface area contributed by atoms with Crippen molar-refractivity contribution in [2.75, 3.05) is 19.8 Å². The monoisotopic (exact) mass is 424 g/mol. The molecule has 0 fully saturated rings. The zero-order valence-corrected chi connectivity index (χ0v) is 17.4. The summed E-state index contributed by atoms with van der Waals surface area (Å²) in [5, 5.41) is 39.4. The highest BCUT2D eigenvalue weighted by molar-refractivity contribution is 6.31. The van der Waals surface area contributed by atoms with Crippen molar-refractivity contribution < 1.29 is 29.9 Å². The van der Waals surface area contributed by atoms with Gasteiger partial charge in [0, 0.05) is 5.02 Å². The fraction of sp³-hybridized carbons (Fsp3) is 0.455. The van der Waals surface area contributed by atoms with E-state index in [0.29, 0.717) is 23.6 Å². The fourth-order valence-electron chi connectivity index (χ4n) is 2.98. The molecule has 4 N–H and O–H groups in total. The third kappa shape index (κ3) is 6.67. The zero-order chi connectivity index (χ0) is 21.4. The molecular weight excluding hydrogens is 396 g/mol. The predicted octanol–water partition coefficient (Wildman–Crippen LogP) is 2.48. The summed E-state index contributed by atoms with van der Waals surface area (Å²) in [4.78, 5) is 0. The van der Waals surface area contributed by atoms with Crippen LogP contribution in [-0.4, -0.2) is 58.6 Å². The van der Waals surface area contributed by atoms with E-state index in [-0.39, 0.29) is 0 Å². The maximum absolute atomic E-state index is 10.2. The maximum atomic E-state index is 10.2. The number of hydrogen-bond acceptors (Lipinski definition) is 6. The molecule has 0 spiro atoms. The van der Waals surface area contributed by atoms with Gasteiger partial charge in [-0.1, -0.05) is 35.9 Å². The van der Waals surface area contributed by atoms with Gasteiger partial charge in [-0.05, 0) is 55.2 Å². The van der Waals surface area contributed by atoms with Crippen molar-refractivity contribution >= 4 is 11.6 Å². The van der Waals surface area contributed by atoms with Crippen LogP contribution >= 0.6 is 11.6 Å². The molecule has 0 saturated heterocycles. The Morgan fingerprint density at radius 3 is 2.24 bits per heavy atom. The van der Waals surface area contributed by atoms with Crippen LogP contribution in [0.25, 0.3) is 0 Å². The Bertz CT molecular complexity index is 749. The summed E-state index contributed by atoms with van der Waals surface area (Å²) in [6.45, 7) is 3.07. The Labute approximate surface area is 176 Å². The highest BCUT2D eigenvalue weighted by atomic mass is 35.5. The average Bonchev–Trinajstić information content (AvgIpc) is 2.71. The van der Waals surface area contributed by atoms with E-state index in [1.165, 1.54) is 6.92 Å². The third-order valence-electron chi connectivity index (χ3n) is 4.60. The van der Waals surface area contributed by atoms with E-state index in [4.69, 9.17) is 21.1 Å². The summed E-state index contributed by atoms with van der Waals surface area (Å²) in [5.74, 6) is 0.795. The fourth-order valence-corrected chi connectivity index (χ4v) is 3.17. The molecule has 2 unspecified atom stereocenters. The molecule has 7 heteroatoms. The minimum Gasteiger partial charge on any atom is -0.494 e. The lowest BCUT2D eigenvalue weighted by Crippen LogP contribution is -2.36. The van der Waals surface area contributed by atoms with Crippen molar-refractivity contribution in [2.45, 2.75) is 44.7 Å². The van der Waals surface area contributed by atoms with Gasteiger partial charge in [-0.3, -0.25) is 0 Å². The summed E-state index contributed by atoms with van der Waals surface area (Å²) >= 11 is 6.37. The van der Waals surface area contributed by atoms with Crippen LogP contribution in [-0.2, 0) is 11.2 Å². The molecule has 2 aromatic rings. The summed E-state index contributed by atoms with van der Waals surface area (Å²) in [6.07, 6.45) is -3.43. The van der Waals surface area contributed by atoms with Crippen LogP contribution < -0.4 is 4.74 Å². The van der Waals surface area contributed by atoms with Gasteiger partial charge in [0.05, 0.1) is 25.9 Å². The lowest BCUT2D eigenvalue weighted by Gasteiger charge is -2.29. The van der Waals surface area contributed by atoms with Crippen molar-refractivity contribution in [1.29, 1.82) is 0 Å². The maximum Gasteiger partial charge on any atom is 0.119 e. The first-order valence-electron chi connectivity index (χ1n) is 9.62. The minimum absolute atomic E-state index is 0.418. The quantitative estimate of drug-likeness (QED) is 0.442. The first-order chi connectivity index (χ1) is 13.9. The van der Waals surface area contributed by atoms with E-state index in [2.05, 4.69) is 0 Å². The molecule has 0 aliphatic rings. The molecule has 0 amide bonds. The van der Waals surface area contributed by atoms with E-state index < -0.39 is 37.6 Å². The normalized spacial score (nSPS) is 15.6. The molecule has 4 atom stereocenters. The van der Waals surface area contributed by atoms with Gasteiger partial charge in [0.1, 0.15) is 24.1 Å². The van der Waals surface area contributed by atoms with Crippen LogP contribution in [0.4, 0.5) is 0 Å². The highest BCUT2D eigenvalue weighted by Gasteiger charge is 2.27. The second kappa shape index (κ2) is 11.5. The van der Waals surface area contributed by atoms with Crippen LogP contribution in [0.1, 0.15) is 36.6 Å². The largest absolute Gasteiger partial charge is 0.494 e. The molecule has 0 radical (unpaired) electrons. The van der Waals surface area contributed by atoms with Crippen LogP contribution in [0.2, 0.25) is 5.02 Å². The molecule has 29 heavy (non-hydrogen) atoms. The van der Waals surface area contributed by atoms with Crippen LogP contribution in [0.3, 0.4) is 0 Å². The Kier molecular flexibility index (Phi) is 9.36. The summed E-state index contributed by atoms with van der Waals surface area (Å²) in [6, 6.07) is 12.9. The molecule has 0 aliphatic carbocycles. The van der Waals surface area contributed by atoms with E-state index in [1.54, 1.807) is 18.2 Å². The van der Waals surface area contributed by atoms with Gasteiger partial charge in [-0.15, -0.1) is 0 Å². The molecule has 0 aliphatic heterocycles.